The molecule has 1 saturated heterocycles. The summed E-state index contributed by atoms with van der Waals surface area (Å²) in [5.41, 5.74) is 1.60. The van der Waals surface area contributed by atoms with E-state index < -0.39 is 38.1 Å². The van der Waals surface area contributed by atoms with Crippen molar-refractivity contribution in [1.29, 1.82) is 0 Å². The number of ether oxygens (including phenoxy) is 3. The van der Waals surface area contributed by atoms with Crippen molar-refractivity contribution < 1.29 is 41.9 Å². The molecule has 0 radical (unpaired) electrons. The lowest BCUT2D eigenvalue weighted by Crippen LogP contribution is -2.55. The van der Waals surface area contributed by atoms with Gasteiger partial charge in [-0.15, -0.1) is 0 Å². The molecular weight excluding hydrogens is 487 g/mol. The Morgan fingerprint density at radius 1 is 0.861 bits per heavy atom. The van der Waals surface area contributed by atoms with Crippen molar-refractivity contribution in [3.63, 3.8) is 0 Å². The maximum absolute atomic E-state index is 13.6. The number of phosphoric ester groups is 1. The Morgan fingerprint density at radius 2 is 1.39 bits per heavy atom. The van der Waals surface area contributed by atoms with Gasteiger partial charge in [0, 0.05) is 12.8 Å². The van der Waals surface area contributed by atoms with E-state index in [1.165, 1.54) is 14.0 Å². The summed E-state index contributed by atoms with van der Waals surface area (Å²) in [5, 5.41) is 0. The average molecular weight is 521 g/mol. The number of hydrogen-bond donors (Lipinski definition) is 0. The van der Waals surface area contributed by atoms with Crippen molar-refractivity contribution in [1.82, 2.24) is 0 Å². The molecule has 0 amide bonds. The summed E-state index contributed by atoms with van der Waals surface area (Å²) in [7, 11) is -2.80. The van der Waals surface area contributed by atoms with Gasteiger partial charge in [-0.25, -0.2) is 9.36 Å². The smallest absolute Gasteiger partial charge is 0.467 e. The highest BCUT2D eigenvalue weighted by atomic mass is 31.2. The van der Waals surface area contributed by atoms with Crippen molar-refractivity contribution >= 4 is 19.8 Å². The average Bonchev–Trinajstić information content (AvgIpc) is 2.89. The van der Waals surface area contributed by atoms with E-state index in [2.05, 4.69) is 0 Å². The molecule has 0 bridgehead atoms. The number of methoxy groups -OCH3 is 1. The topological polar surface area (TPSA) is 107 Å². The maximum atomic E-state index is 13.6. The third-order valence-electron chi connectivity index (χ3n) is 6.15. The summed E-state index contributed by atoms with van der Waals surface area (Å²) in [5.74, 6) is -1.68. The molecule has 1 aliphatic rings. The van der Waals surface area contributed by atoms with Crippen LogP contribution in [0.2, 0.25) is 0 Å². The highest BCUT2D eigenvalue weighted by Crippen LogP contribution is 2.51. The lowest BCUT2D eigenvalue weighted by atomic mass is 9.81. The molecule has 0 spiro atoms. The zero-order valence-electron chi connectivity index (χ0n) is 20.9. The van der Waals surface area contributed by atoms with Gasteiger partial charge in [0.15, 0.2) is 6.10 Å². The van der Waals surface area contributed by atoms with Gasteiger partial charge in [0.2, 0.25) is 0 Å². The van der Waals surface area contributed by atoms with Gasteiger partial charge in [-0.3, -0.25) is 18.4 Å². The van der Waals surface area contributed by atoms with Gasteiger partial charge in [-0.05, 0) is 17.0 Å². The quantitative estimate of drug-likeness (QED) is 0.308. The fourth-order valence-corrected chi connectivity index (χ4v) is 5.06. The zero-order chi connectivity index (χ0) is 26.1. The van der Waals surface area contributed by atoms with Gasteiger partial charge in [0.1, 0.15) is 6.10 Å². The normalized spacial score (nSPS) is 24.2. The Labute approximate surface area is 211 Å². The third kappa shape index (κ3) is 7.72. The van der Waals surface area contributed by atoms with E-state index >= 15 is 0 Å². The molecule has 2 aromatic carbocycles. The van der Waals surface area contributed by atoms with E-state index in [4.69, 9.17) is 27.8 Å². The summed E-state index contributed by atoms with van der Waals surface area (Å²) in [4.78, 5) is 24.0. The number of phosphoric acid groups is 1. The monoisotopic (exact) mass is 520 g/mol. The van der Waals surface area contributed by atoms with Gasteiger partial charge in [-0.2, -0.15) is 0 Å². The second-order valence-electron chi connectivity index (χ2n) is 8.67. The van der Waals surface area contributed by atoms with Crippen LogP contribution >= 0.6 is 7.82 Å². The van der Waals surface area contributed by atoms with E-state index in [0.29, 0.717) is 0 Å². The number of carbonyl (C=O) groups is 2. The number of carbonyl (C=O) groups excluding carboxylic acids is 2. The third-order valence-corrected chi connectivity index (χ3v) is 7.51. The molecule has 10 heteroatoms. The van der Waals surface area contributed by atoms with Crippen molar-refractivity contribution in [2.24, 2.45) is 11.8 Å². The standard InChI is InChI=1S/C26H33O9P/c1-18-19(2)24(34-20(3)27)25(26(28)30-4)35-23(18)17-33-36(29,31-15-21-11-7-5-8-12-21)32-16-22-13-9-6-10-14-22/h5-14,18-19,23-25H,15-17H2,1-4H3/t18-,19-,23?,24?,25-/m0/s1. The summed E-state index contributed by atoms with van der Waals surface area (Å²) in [6, 6.07) is 18.5. The Balaban J connectivity index is 1.73. The van der Waals surface area contributed by atoms with Crippen LogP contribution in [0.1, 0.15) is 31.9 Å². The summed E-state index contributed by atoms with van der Waals surface area (Å²) in [6.45, 7) is 4.86. The van der Waals surface area contributed by atoms with Gasteiger partial charge in [0.25, 0.3) is 0 Å². The molecule has 0 N–H and O–H groups in total. The predicted molar refractivity (Wildman–Crippen MR) is 131 cm³/mol. The molecule has 1 heterocycles. The Kier molecular flexibility index (Phi) is 10.2. The Hall–Kier alpha value is -2.55. The molecule has 1 fully saturated rings. The number of esters is 2. The second-order valence-corrected chi connectivity index (χ2v) is 10.3. The first-order valence-corrected chi connectivity index (χ1v) is 13.2. The van der Waals surface area contributed by atoms with Crippen LogP contribution in [0.3, 0.4) is 0 Å². The minimum Gasteiger partial charge on any atom is -0.467 e. The molecular formula is C26H33O9P. The molecule has 196 valence electrons. The first-order valence-electron chi connectivity index (χ1n) is 11.7. The zero-order valence-corrected chi connectivity index (χ0v) is 21.8. The van der Waals surface area contributed by atoms with Gasteiger partial charge in [0.05, 0.1) is 33.0 Å². The van der Waals surface area contributed by atoms with Crippen LogP contribution in [0, 0.1) is 11.8 Å². The molecule has 0 aliphatic carbocycles. The van der Waals surface area contributed by atoms with E-state index in [1.54, 1.807) is 0 Å². The van der Waals surface area contributed by atoms with Crippen LogP contribution in [0.4, 0.5) is 0 Å². The van der Waals surface area contributed by atoms with E-state index in [9.17, 15) is 14.2 Å². The first-order chi connectivity index (χ1) is 17.2. The molecule has 5 atom stereocenters. The van der Waals surface area contributed by atoms with Crippen molar-refractivity contribution in [2.45, 2.75) is 52.3 Å². The number of benzene rings is 2. The molecule has 36 heavy (non-hydrogen) atoms. The molecule has 3 rings (SSSR count). The van der Waals surface area contributed by atoms with Crippen molar-refractivity contribution in [2.75, 3.05) is 13.7 Å². The van der Waals surface area contributed by atoms with E-state index in [1.807, 2.05) is 74.5 Å². The van der Waals surface area contributed by atoms with Crippen LogP contribution in [0.15, 0.2) is 60.7 Å². The van der Waals surface area contributed by atoms with Crippen LogP contribution in [0.25, 0.3) is 0 Å². The van der Waals surface area contributed by atoms with Gasteiger partial charge < -0.3 is 14.2 Å². The molecule has 2 unspecified atom stereocenters. The van der Waals surface area contributed by atoms with Crippen LogP contribution in [0.5, 0.6) is 0 Å². The lowest BCUT2D eigenvalue weighted by Gasteiger charge is -2.42. The van der Waals surface area contributed by atoms with Crippen LogP contribution < -0.4 is 0 Å². The highest BCUT2D eigenvalue weighted by Gasteiger charge is 2.48. The maximum Gasteiger partial charge on any atom is 0.475 e. The predicted octanol–water partition coefficient (Wildman–Crippen LogP) is 4.69. The van der Waals surface area contributed by atoms with E-state index in [0.717, 1.165) is 11.1 Å². The van der Waals surface area contributed by atoms with E-state index in [-0.39, 0.29) is 31.7 Å². The molecule has 2 aromatic rings. The van der Waals surface area contributed by atoms with Gasteiger partial charge in [-0.1, -0.05) is 74.5 Å². The minimum absolute atomic E-state index is 0.0176. The summed E-state index contributed by atoms with van der Waals surface area (Å²) >= 11 is 0. The molecule has 0 aromatic heterocycles. The molecule has 0 saturated carbocycles. The molecule has 9 nitrogen and oxygen atoms in total. The number of rotatable bonds is 11. The molecule has 1 aliphatic heterocycles. The SMILES string of the molecule is COC(=O)[C@H]1OC(COP(=O)(OCc2ccccc2)OCc2ccccc2)[C@@H](C)[C@H](C)C1OC(C)=O. The summed E-state index contributed by atoms with van der Waals surface area (Å²) < 4.78 is 46.8. The summed E-state index contributed by atoms with van der Waals surface area (Å²) in [6.07, 6.45) is -2.63. The van der Waals surface area contributed by atoms with Crippen molar-refractivity contribution in [3.05, 3.63) is 71.8 Å². The van der Waals surface area contributed by atoms with Crippen molar-refractivity contribution in [3.8, 4) is 0 Å². The lowest BCUT2D eigenvalue weighted by molar-refractivity contribution is -0.211. The fourth-order valence-electron chi connectivity index (χ4n) is 3.89. The first kappa shape index (κ1) is 28.0. The van der Waals surface area contributed by atoms with Crippen LogP contribution in [-0.2, 0) is 55.1 Å². The van der Waals surface area contributed by atoms with Crippen LogP contribution in [-0.4, -0.2) is 44.0 Å². The van der Waals surface area contributed by atoms with Gasteiger partial charge >= 0.3 is 19.8 Å². The fraction of sp³-hybridized carbons (Fsp3) is 0.462. The second kappa shape index (κ2) is 13.1. The highest BCUT2D eigenvalue weighted by molar-refractivity contribution is 7.48. The Morgan fingerprint density at radius 3 is 1.86 bits per heavy atom. The number of hydrogen-bond acceptors (Lipinski definition) is 9. The Bertz CT molecular complexity index is 983. The minimum atomic E-state index is -4.03. The largest absolute Gasteiger partial charge is 0.475 e.